The lowest BCUT2D eigenvalue weighted by Crippen LogP contribution is -2.28. The molecule has 1 fully saturated rings. The molecule has 1 aliphatic carbocycles. The third-order valence-corrected chi connectivity index (χ3v) is 3.41. The van der Waals surface area contributed by atoms with Crippen LogP contribution in [-0.2, 0) is 4.79 Å². The van der Waals surface area contributed by atoms with E-state index in [1.165, 1.54) is 25.7 Å². The number of carbonyl (C=O) groups excluding carboxylic acids is 1. The molecule has 0 aromatic rings. The third kappa shape index (κ3) is 4.99. The Hall–Kier alpha value is -0.0500. The molecule has 1 rings (SSSR count). The van der Waals surface area contributed by atoms with Gasteiger partial charge in [-0.1, -0.05) is 28.8 Å². The number of halogens is 1. The van der Waals surface area contributed by atoms with E-state index in [4.69, 9.17) is 0 Å². The number of hydrogen-bond acceptors (Lipinski definition) is 1. The second-order valence-corrected chi connectivity index (χ2v) is 4.89. The van der Waals surface area contributed by atoms with Crippen molar-refractivity contribution in [3.8, 4) is 0 Å². The van der Waals surface area contributed by atoms with Crippen molar-refractivity contribution in [3.05, 3.63) is 0 Å². The van der Waals surface area contributed by atoms with Gasteiger partial charge in [-0.05, 0) is 31.6 Å². The first-order valence-electron chi connectivity index (χ1n) is 5.65. The van der Waals surface area contributed by atoms with Gasteiger partial charge in [0.25, 0.3) is 0 Å². The van der Waals surface area contributed by atoms with Gasteiger partial charge in [0.2, 0.25) is 5.91 Å². The highest BCUT2D eigenvalue weighted by molar-refractivity contribution is 9.09. The largest absolute Gasteiger partial charge is 0.356 e. The van der Waals surface area contributed by atoms with Crippen molar-refractivity contribution in [3.63, 3.8) is 0 Å². The van der Waals surface area contributed by atoms with E-state index in [2.05, 4.69) is 21.2 Å². The maximum absolute atomic E-state index is 11.3. The van der Waals surface area contributed by atoms with E-state index in [-0.39, 0.29) is 5.91 Å². The van der Waals surface area contributed by atoms with Crippen molar-refractivity contribution >= 4 is 21.8 Å². The summed E-state index contributed by atoms with van der Waals surface area (Å²) in [4.78, 5) is 11.3. The van der Waals surface area contributed by atoms with Crippen molar-refractivity contribution in [2.75, 3.05) is 11.9 Å². The summed E-state index contributed by atoms with van der Waals surface area (Å²) >= 11 is 3.36. The van der Waals surface area contributed by atoms with Gasteiger partial charge < -0.3 is 5.32 Å². The molecule has 1 N–H and O–H groups in total. The first-order valence-corrected chi connectivity index (χ1v) is 6.77. The SMILES string of the molecule is O=C(CCCCBr)NCC1CCCC1. The number of nitrogens with one attached hydrogen (secondary N) is 1. The van der Waals surface area contributed by atoms with Crippen LogP contribution in [0.4, 0.5) is 0 Å². The van der Waals surface area contributed by atoms with Crippen molar-refractivity contribution < 1.29 is 4.79 Å². The molecule has 82 valence electrons. The van der Waals surface area contributed by atoms with Gasteiger partial charge in [-0.25, -0.2) is 0 Å². The van der Waals surface area contributed by atoms with Gasteiger partial charge in [0, 0.05) is 18.3 Å². The lowest BCUT2D eigenvalue weighted by Gasteiger charge is -2.10. The summed E-state index contributed by atoms with van der Waals surface area (Å²) < 4.78 is 0. The van der Waals surface area contributed by atoms with Crippen LogP contribution in [0.3, 0.4) is 0 Å². The summed E-state index contributed by atoms with van der Waals surface area (Å²) in [5, 5.41) is 4.03. The van der Waals surface area contributed by atoms with Gasteiger partial charge in [-0.2, -0.15) is 0 Å². The first-order chi connectivity index (χ1) is 6.83. The van der Waals surface area contributed by atoms with Crippen LogP contribution in [-0.4, -0.2) is 17.8 Å². The Morgan fingerprint density at radius 2 is 2.00 bits per heavy atom. The minimum absolute atomic E-state index is 0.234. The van der Waals surface area contributed by atoms with E-state index in [0.717, 1.165) is 30.6 Å². The minimum Gasteiger partial charge on any atom is -0.356 e. The van der Waals surface area contributed by atoms with Crippen LogP contribution >= 0.6 is 15.9 Å². The van der Waals surface area contributed by atoms with Gasteiger partial charge in [0.1, 0.15) is 0 Å². The molecule has 2 nitrogen and oxygen atoms in total. The molecule has 0 atom stereocenters. The maximum atomic E-state index is 11.3. The molecule has 0 saturated heterocycles. The molecule has 0 bridgehead atoms. The van der Waals surface area contributed by atoms with E-state index in [1.54, 1.807) is 0 Å². The number of alkyl halides is 1. The lowest BCUT2D eigenvalue weighted by atomic mass is 10.1. The molecule has 0 unspecified atom stereocenters. The van der Waals surface area contributed by atoms with Gasteiger partial charge in [-0.15, -0.1) is 0 Å². The molecule has 0 radical (unpaired) electrons. The molecule has 1 amide bonds. The van der Waals surface area contributed by atoms with Crippen molar-refractivity contribution in [1.82, 2.24) is 5.32 Å². The number of unbranched alkanes of at least 4 members (excludes halogenated alkanes) is 1. The normalized spacial score (nSPS) is 17.2. The Morgan fingerprint density at radius 1 is 1.29 bits per heavy atom. The van der Waals surface area contributed by atoms with E-state index in [1.807, 2.05) is 0 Å². The predicted octanol–water partition coefficient (Wildman–Crippen LogP) is 2.86. The zero-order chi connectivity index (χ0) is 10.2. The predicted molar refractivity (Wildman–Crippen MR) is 62.6 cm³/mol. The van der Waals surface area contributed by atoms with Crippen molar-refractivity contribution in [2.45, 2.75) is 44.9 Å². The molecule has 0 aliphatic heterocycles. The van der Waals surface area contributed by atoms with Crippen LogP contribution in [0, 0.1) is 5.92 Å². The van der Waals surface area contributed by atoms with E-state index in [9.17, 15) is 4.79 Å². The summed E-state index contributed by atoms with van der Waals surface area (Å²) in [7, 11) is 0. The highest BCUT2D eigenvalue weighted by Crippen LogP contribution is 2.23. The molecular weight excluding hydrogens is 242 g/mol. The van der Waals surface area contributed by atoms with Crippen LogP contribution in [0.15, 0.2) is 0 Å². The molecule has 1 saturated carbocycles. The standard InChI is InChI=1S/C11H20BrNO/c12-8-4-3-7-11(14)13-9-10-5-1-2-6-10/h10H,1-9H2,(H,13,14). The zero-order valence-corrected chi connectivity index (χ0v) is 10.3. The quantitative estimate of drug-likeness (QED) is 0.578. The summed E-state index contributed by atoms with van der Waals surface area (Å²) in [5.41, 5.74) is 0. The Bertz CT molecular complexity index is 167. The van der Waals surface area contributed by atoms with Gasteiger partial charge in [0.05, 0.1) is 0 Å². The molecule has 0 spiro atoms. The van der Waals surface area contributed by atoms with Crippen LogP contribution in [0.5, 0.6) is 0 Å². The Kier molecular flexibility index (Phi) is 6.24. The summed E-state index contributed by atoms with van der Waals surface area (Å²) in [5.74, 6) is 0.993. The number of hydrogen-bond donors (Lipinski definition) is 1. The fourth-order valence-corrected chi connectivity index (χ4v) is 2.34. The fourth-order valence-electron chi connectivity index (χ4n) is 1.94. The van der Waals surface area contributed by atoms with Crippen molar-refractivity contribution in [1.29, 1.82) is 0 Å². The molecule has 0 aromatic carbocycles. The molecule has 1 aliphatic rings. The van der Waals surface area contributed by atoms with Crippen LogP contribution in [0.2, 0.25) is 0 Å². The second kappa shape index (κ2) is 7.27. The van der Waals surface area contributed by atoms with Gasteiger partial charge in [0.15, 0.2) is 0 Å². The van der Waals surface area contributed by atoms with E-state index < -0.39 is 0 Å². The monoisotopic (exact) mass is 261 g/mol. The summed E-state index contributed by atoms with van der Waals surface area (Å²) in [6.45, 7) is 0.910. The second-order valence-electron chi connectivity index (χ2n) is 4.10. The van der Waals surface area contributed by atoms with Gasteiger partial charge >= 0.3 is 0 Å². The number of amides is 1. The summed E-state index contributed by atoms with van der Waals surface area (Å²) in [6, 6.07) is 0. The number of rotatable bonds is 6. The highest BCUT2D eigenvalue weighted by atomic mass is 79.9. The average molecular weight is 262 g/mol. The first kappa shape index (κ1) is 12.0. The minimum atomic E-state index is 0.234. The Labute approximate surface area is 95.0 Å². The fraction of sp³-hybridized carbons (Fsp3) is 0.909. The zero-order valence-electron chi connectivity index (χ0n) is 8.73. The summed E-state index contributed by atoms with van der Waals surface area (Å²) in [6.07, 6.45) is 8.11. The van der Waals surface area contributed by atoms with E-state index in [0.29, 0.717) is 6.42 Å². The lowest BCUT2D eigenvalue weighted by molar-refractivity contribution is -0.121. The third-order valence-electron chi connectivity index (χ3n) is 2.85. The molecular formula is C11H20BrNO. The maximum Gasteiger partial charge on any atom is 0.220 e. The molecule has 0 aromatic heterocycles. The molecule has 0 heterocycles. The Balaban J connectivity index is 1.96. The van der Waals surface area contributed by atoms with Crippen LogP contribution < -0.4 is 5.32 Å². The van der Waals surface area contributed by atoms with E-state index >= 15 is 0 Å². The van der Waals surface area contributed by atoms with Crippen LogP contribution in [0.25, 0.3) is 0 Å². The average Bonchev–Trinajstić information content (AvgIpc) is 2.68. The van der Waals surface area contributed by atoms with Crippen molar-refractivity contribution in [2.24, 2.45) is 5.92 Å². The topological polar surface area (TPSA) is 29.1 Å². The Morgan fingerprint density at radius 3 is 2.64 bits per heavy atom. The molecule has 14 heavy (non-hydrogen) atoms. The molecule has 3 heteroatoms. The highest BCUT2D eigenvalue weighted by Gasteiger charge is 2.15. The number of carbonyl (C=O) groups is 1. The van der Waals surface area contributed by atoms with Crippen LogP contribution in [0.1, 0.15) is 44.9 Å². The van der Waals surface area contributed by atoms with Gasteiger partial charge in [-0.3, -0.25) is 4.79 Å². The smallest absolute Gasteiger partial charge is 0.220 e.